The van der Waals surface area contributed by atoms with Gasteiger partial charge in [-0.3, -0.25) is 0 Å². The summed E-state index contributed by atoms with van der Waals surface area (Å²) in [6, 6.07) is 0. The normalized spacial score (nSPS) is 27.8. The van der Waals surface area contributed by atoms with Crippen molar-refractivity contribution >= 4 is 17.7 Å². The van der Waals surface area contributed by atoms with Gasteiger partial charge in [-0.25, -0.2) is 9.18 Å². The number of rotatable bonds is 1. The van der Waals surface area contributed by atoms with Crippen molar-refractivity contribution in [3.8, 4) is 0 Å². The minimum absolute atomic E-state index is 0.0335. The van der Waals surface area contributed by atoms with Gasteiger partial charge in [0.2, 0.25) is 0 Å². The molecule has 0 aliphatic carbocycles. The molecule has 0 aromatic carbocycles. The second-order valence-corrected chi connectivity index (χ2v) is 5.19. The highest BCUT2D eigenvalue weighted by atomic mass is 35.5. The average Bonchev–Trinajstić information content (AvgIpc) is 2.26. The van der Waals surface area contributed by atoms with Crippen LogP contribution in [0, 0.1) is 0 Å². The molecule has 1 amide bonds. The number of carbonyl (C=O) groups excluding carboxylic acids is 1. The van der Waals surface area contributed by atoms with E-state index in [0.717, 1.165) is 0 Å². The van der Waals surface area contributed by atoms with Gasteiger partial charge in [0, 0.05) is 5.54 Å². The molecule has 6 heteroatoms. The Kier molecular flexibility index (Phi) is 3.78. The summed E-state index contributed by atoms with van der Waals surface area (Å²) >= 11 is 5.65. The topological polar surface area (TPSA) is 41.6 Å². The maximum absolute atomic E-state index is 13.0. The molecule has 0 spiro atoms. The summed E-state index contributed by atoms with van der Waals surface area (Å²) in [7, 11) is 0. The van der Waals surface area contributed by atoms with Crippen LogP contribution in [0.3, 0.4) is 0 Å². The van der Waals surface area contributed by atoms with Crippen molar-refractivity contribution in [1.82, 2.24) is 10.4 Å². The first-order valence-electron chi connectivity index (χ1n) is 4.81. The second-order valence-electron chi connectivity index (χ2n) is 4.63. The Hall–Kier alpha value is -0.550. The van der Waals surface area contributed by atoms with Crippen LogP contribution in [0.1, 0.15) is 20.8 Å². The minimum atomic E-state index is -1.14. The smallest absolute Gasteiger partial charge is 0.351 e. The Morgan fingerprint density at radius 3 is 2.53 bits per heavy atom. The van der Waals surface area contributed by atoms with Crippen LogP contribution in [-0.4, -0.2) is 41.3 Å². The molecular formula is C9H16ClFN2O2. The van der Waals surface area contributed by atoms with Crippen molar-refractivity contribution in [2.24, 2.45) is 0 Å². The van der Waals surface area contributed by atoms with Crippen LogP contribution in [0.5, 0.6) is 0 Å². The Bertz CT molecular complexity index is 235. The number of alkyl halides is 2. The third kappa shape index (κ3) is 4.22. The Balaban J connectivity index is 2.34. The van der Waals surface area contributed by atoms with Crippen LogP contribution in [-0.2, 0) is 4.84 Å². The maximum Gasteiger partial charge on any atom is 0.426 e. The number of nitrogens with one attached hydrogen (secondary N) is 1. The van der Waals surface area contributed by atoms with E-state index in [4.69, 9.17) is 16.4 Å². The Morgan fingerprint density at radius 2 is 2.13 bits per heavy atom. The first-order chi connectivity index (χ1) is 6.78. The molecule has 1 rings (SSSR count). The number of hydrogen-bond acceptors (Lipinski definition) is 3. The SMILES string of the molecule is CC(C)(C)NC(=O)ON1C[C@@H](F)[C@H](Cl)C1. The molecule has 0 aromatic rings. The van der Waals surface area contributed by atoms with E-state index in [-0.39, 0.29) is 18.6 Å². The van der Waals surface area contributed by atoms with E-state index in [1.54, 1.807) is 0 Å². The minimum Gasteiger partial charge on any atom is -0.351 e. The van der Waals surface area contributed by atoms with Gasteiger partial charge in [-0.05, 0) is 20.8 Å². The molecule has 88 valence electrons. The van der Waals surface area contributed by atoms with E-state index in [9.17, 15) is 9.18 Å². The number of amides is 1. The highest BCUT2D eigenvalue weighted by Gasteiger charge is 2.34. The van der Waals surface area contributed by atoms with Crippen molar-refractivity contribution < 1.29 is 14.0 Å². The summed E-state index contributed by atoms with van der Waals surface area (Å²) in [5, 5.41) is 3.24. The van der Waals surface area contributed by atoms with Gasteiger partial charge in [-0.1, -0.05) is 0 Å². The number of halogens is 2. The van der Waals surface area contributed by atoms with E-state index in [0.29, 0.717) is 0 Å². The molecule has 1 fully saturated rings. The molecule has 1 heterocycles. The Labute approximate surface area is 93.7 Å². The summed E-state index contributed by atoms with van der Waals surface area (Å²) in [4.78, 5) is 16.2. The van der Waals surface area contributed by atoms with Gasteiger partial charge in [0.15, 0.2) is 0 Å². The molecule has 0 aromatic heterocycles. The summed E-state index contributed by atoms with van der Waals surface area (Å²) in [5.41, 5.74) is -0.369. The van der Waals surface area contributed by atoms with Gasteiger partial charge >= 0.3 is 6.09 Å². The van der Waals surface area contributed by atoms with Crippen molar-refractivity contribution in [2.75, 3.05) is 13.1 Å². The van der Waals surface area contributed by atoms with E-state index in [2.05, 4.69) is 5.32 Å². The standard InChI is InChI=1S/C9H16ClFN2O2/c1-9(2,3)12-8(14)15-13-4-6(10)7(11)5-13/h6-7H,4-5H2,1-3H3,(H,12,14)/t6-,7-/m1/s1. The molecular weight excluding hydrogens is 223 g/mol. The lowest BCUT2D eigenvalue weighted by Gasteiger charge is -2.22. The quantitative estimate of drug-likeness (QED) is 0.707. The van der Waals surface area contributed by atoms with Gasteiger partial charge in [0.05, 0.1) is 18.5 Å². The Morgan fingerprint density at radius 1 is 1.53 bits per heavy atom. The van der Waals surface area contributed by atoms with Gasteiger partial charge in [0.1, 0.15) is 6.17 Å². The van der Waals surface area contributed by atoms with E-state index in [1.807, 2.05) is 20.8 Å². The zero-order valence-electron chi connectivity index (χ0n) is 9.09. The molecule has 1 saturated heterocycles. The zero-order valence-corrected chi connectivity index (χ0v) is 9.84. The lowest BCUT2D eigenvalue weighted by atomic mass is 10.1. The van der Waals surface area contributed by atoms with Crippen LogP contribution >= 0.6 is 11.6 Å². The monoisotopic (exact) mass is 238 g/mol. The lowest BCUT2D eigenvalue weighted by Crippen LogP contribution is -2.43. The molecule has 0 radical (unpaired) electrons. The molecule has 0 bridgehead atoms. The predicted molar refractivity (Wildman–Crippen MR) is 55.5 cm³/mol. The zero-order chi connectivity index (χ0) is 11.6. The average molecular weight is 239 g/mol. The van der Waals surface area contributed by atoms with Crippen molar-refractivity contribution in [2.45, 2.75) is 37.9 Å². The summed E-state index contributed by atoms with van der Waals surface area (Å²) in [6.45, 7) is 5.76. The van der Waals surface area contributed by atoms with Crippen molar-refractivity contribution in [3.63, 3.8) is 0 Å². The largest absolute Gasteiger partial charge is 0.426 e. The molecule has 2 atom stereocenters. The first-order valence-corrected chi connectivity index (χ1v) is 5.25. The molecule has 0 unspecified atom stereocenters. The van der Waals surface area contributed by atoms with Crippen LogP contribution < -0.4 is 5.32 Å². The molecule has 15 heavy (non-hydrogen) atoms. The van der Waals surface area contributed by atoms with Gasteiger partial charge in [-0.2, -0.15) is 0 Å². The van der Waals surface area contributed by atoms with Gasteiger partial charge < -0.3 is 10.2 Å². The van der Waals surface area contributed by atoms with Crippen LogP contribution in [0.4, 0.5) is 9.18 Å². The van der Waals surface area contributed by atoms with E-state index in [1.165, 1.54) is 5.06 Å². The summed E-state index contributed by atoms with van der Waals surface area (Å²) in [5.74, 6) is 0. The van der Waals surface area contributed by atoms with Crippen LogP contribution in [0.25, 0.3) is 0 Å². The molecule has 1 aliphatic rings. The van der Waals surface area contributed by atoms with E-state index < -0.39 is 17.6 Å². The molecule has 1 aliphatic heterocycles. The summed E-state index contributed by atoms with van der Waals surface area (Å²) in [6.07, 6.45) is -1.73. The van der Waals surface area contributed by atoms with Gasteiger partial charge in [-0.15, -0.1) is 16.7 Å². The number of hydroxylamine groups is 2. The third-order valence-corrected chi connectivity index (χ3v) is 2.25. The van der Waals surface area contributed by atoms with E-state index >= 15 is 0 Å². The highest BCUT2D eigenvalue weighted by Crippen LogP contribution is 2.18. The highest BCUT2D eigenvalue weighted by molar-refractivity contribution is 6.21. The van der Waals surface area contributed by atoms with Crippen LogP contribution in [0.15, 0.2) is 0 Å². The molecule has 0 saturated carbocycles. The number of nitrogens with zero attached hydrogens (tertiary/aromatic N) is 1. The van der Waals surface area contributed by atoms with Crippen LogP contribution in [0.2, 0.25) is 0 Å². The van der Waals surface area contributed by atoms with Gasteiger partial charge in [0.25, 0.3) is 0 Å². The third-order valence-electron chi connectivity index (χ3n) is 1.84. The summed E-state index contributed by atoms with van der Waals surface area (Å²) < 4.78 is 13.0. The second kappa shape index (κ2) is 4.53. The fourth-order valence-corrected chi connectivity index (χ4v) is 1.45. The van der Waals surface area contributed by atoms with Crippen molar-refractivity contribution in [1.29, 1.82) is 0 Å². The fraction of sp³-hybridized carbons (Fsp3) is 0.889. The van der Waals surface area contributed by atoms with Crippen molar-refractivity contribution in [3.05, 3.63) is 0 Å². The lowest BCUT2D eigenvalue weighted by molar-refractivity contribution is -0.0858. The number of hydrogen-bond donors (Lipinski definition) is 1. The number of carbonyl (C=O) groups is 1. The maximum atomic E-state index is 13.0. The fourth-order valence-electron chi connectivity index (χ4n) is 1.21. The molecule has 4 nitrogen and oxygen atoms in total. The first kappa shape index (κ1) is 12.5. The molecule has 1 N–H and O–H groups in total. The predicted octanol–water partition coefficient (Wildman–Crippen LogP) is 1.69.